The van der Waals surface area contributed by atoms with Crippen molar-refractivity contribution >= 4 is 0 Å². The first-order valence-corrected chi connectivity index (χ1v) is 5.36. The summed E-state index contributed by atoms with van der Waals surface area (Å²) in [7, 11) is 0. The average molecular weight is 220 g/mol. The Morgan fingerprint density at radius 1 is 0.600 bits per heavy atom. The van der Waals surface area contributed by atoms with E-state index in [2.05, 4.69) is 0 Å². The molecule has 90 valence electrons. The van der Waals surface area contributed by atoms with E-state index in [9.17, 15) is 0 Å². The van der Waals surface area contributed by atoms with E-state index in [4.69, 9.17) is 23.7 Å². The first kappa shape index (κ1) is 12.9. The summed E-state index contributed by atoms with van der Waals surface area (Å²) in [6.45, 7) is 6.52. The highest BCUT2D eigenvalue weighted by atomic mass is 16.7. The smallest absolute Gasteiger partial charge is 0.155 e. The molecule has 0 saturated carbocycles. The van der Waals surface area contributed by atoms with E-state index in [-0.39, 0.29) is 6.29 Å². The maximum atomic E-state index is 5.34. The van der Waals surface area contributed by atoms with Crippen molar-refractivity contribution in [3.8, 4) is 0 Å². The fourth-order valence-corrected chi connectivity index (χ4v) is 1.14. The second-order valence-electron chi connectivity index (χ2n) is 3.15. The van der Waals surface area contributed by atoms with Gasteiger partial charge in [0.2, 0.25) is 0 Å². The van der Waals surface area contributed by atoms with E-state index in [0.717, 1.165) is 0 Å². The van der Waals surface area contributed by atoms with E-state index in [0.29, 0.717) is 52.9 Å². The summed E-state index contributed by atoms with van der Waals surface area (Å²) in [6.07, 6.45) is -0.198. The lowest BCUT2D eigenvalue weighted by molar-refractivity contribution is -0.151. The molecule has 0 atom stereocenters. The largest absolute Gasteiger partial charge is 0.377 e. The maximum Gasteiger partial charge on any atom is 0.155 e. The molecule has 0 bridgehead atoms. The maximum absolute atomic E-state index is 5.34. The third-order valence-electron chi connectivity index (χ3n) is 1.90. The molecule has 1 rings (SSSR count). The summed E-state index contributed by atoms with van der Waals surface area (Å²) in [5.41, 5.74) is 0. The van der Waals surface area contributed by atoms with Crippen LogP contribution in [-0.4, -0.2) is 59.1 Å². The molecule has 0 radical (unpaired) electrons. The Kier molecular flexibility index (Phi) is 7.77. The molecule has 0 spiro atoms. The number of ether oxygens (including phenoxy) is 5. The number of hydrogen-bond donors (Lipinski definition) is 0. The summed E-state index contributed by atoms with van der Waals surface area (Å²) in [5, 5.41) is 0. The van der Waals surface area contributed by atoms with Gasteiger partial charge in [-0.25, -0.2) is 0 Å². The van der Waals surface area contributed by atoms with Crippen molar-refractivity contribution in [3.63, 3.8) is 0 Å². The van der Waals surface area contributed by atoms with Crippen LogP contribution in [0.15, 0.2) is 0 Å². The van der Waals surface area contributed by atoms with Gasteiger partial charge in [0.15, 0.2) is 6.29 Å². The van der Waals surface area contributed by atoms with E-state index >= 15 is 0 Å². The topological polar surface area (TPSA) is 46.2 Å². The zero-order valence-electron chi connectivity index (χ0n) is 9.28. The second-order valence-corrected chi connectivity index (χ2v) is 3.15. The van der Waals surface area contributed by atoms with Gasteiger partial charge in [0.25, 0.3) is 0 Å². The molecule has 0 aromatic heterocycles. The van der Waals surface area contributed by atoms with Gasteiger partial charge in [-0.15, -0.1) is 0 Å². The molecule has 1 aliphatic rings. The van der Waals surface area contributed by atoms with Crippen molar-refractivity contribution in [1.82, 2.24) is 0 Å². The van der Waals surface area contributed by atoms with E-state index in [1.807, 2.05) is 6.92 Å². The highest BCUT2D eigenvalue weighted by Gasteiger charge is 2.02. The van der Waals surface area contributed by atoms with Gasteiger partial charge in [0.1, 0.15) is 0 Å². The Morgan fingerprint density at radius 3 is 1.33 bits per heavy atom. The molecule has 1 saturated heterocycles. The summed E-state index contributed by atoms with van der Waals surface area (Å²) < 4.78 is 26.5. The van der Waals surface area contributed by atoms with Gasteiger partial charge in [0.05, 0.1) is 52.9 Å². The van der Waals surface area contributed by atoms with Crippen LogP contribution in [0, 0.1) is 0 Å². The first-order valence-electron chi connectivity index (χ1n) is 5.36. The van der Waals surface area contributed by atoms with Gasteiger partial charge in [-0.2, -0.15) is 0 Å². The summed E-state index contributed by atoms with van der Waals surface area (Å²) in [4.78, 5) is 0. The van der Waals surface area contributed by atoms with Gasteiger partial charge in [0, 0.05) is 0 Å². The third kappa shape index (κ3) is 7.70. The summed E-state index contributed by atoms with van der Waals surface area (Å²) in [6, 6.07) is 0. The lowest BCUT2D eigenvalue weighted by Crippen LogP contribution is -2.21. The Morgan fingerprint density at radius 2 is 0.933 bits per heavy atom. The van der Waals surface area contributed by atoms with Crippen molar-refractivity contribution in [2.24, 2.45) is 0 Å². The van der Waals surface area contributed by atoms with Crippen molar-refractivity contribution in [2.45, 2.75) is 13.2 Å². The molecule has 1 fully saturated rings. The summed E-state index contributed by atoms with van der Waals surface area (Å²) in [5.74, 6) is 0. The quantitative estimate of drug-likeness (QED) is 0.592. The summed E-state index contributed by atoms with van der Waals surface area (Å²) >= 11 is 0. The molecule has 0 aromatic carbocycles. The second kappa shape index (κ2) is 9.06. The van der Waals surface area contributed by atoms with Gasteiger partial charge in [-0.1, -0.05) is 0 Å². The van der Waals surface area contributed by atoms with Crippen molar-refractivity contribution in [1.29, 1.82) is 0 Å². The molecule has 5 heteroatoms. The number of hydrogen-bond acceptors (Lipinski definition) is 5. The lowest BCUT2D eigenvalue weighted by atomic mass is 10.6. The minimum Gasteiger partial charge on any atom is -0.377 e. The normalized spacial score (nSPS) is 24.6. The highest BCUT2D eigenvalue weighted by Crippen LogP contribution is 1.94. The fourth-order valence-electron chi connectivity index (χ4n) is 1.14. The van der Waals surface area contributed by atoms with E-state index < -0.39 is 0 Å². The monoisotopic (exact) mass is 220 g/mol. The Bertz CT molecular complexity index is 128. The first-order chi connectivity index (χ1) is 7.39. The predicted octanol–water partition coefficient (Wildman–Crippen LogP) is 0.429. The molecule has 0 amide bonds. The molecule has 0 unspecified atom stereocenters. The third-order valence-corrected chi connectivity index (χ3v) is 1.90. The SMILES string of the molecule is CC1OCCOCCOCCOCCO1. The van der Waals surface area contributed by atoms with Gasteiger partial charge >= 0.3 is 0 Å². The Hall–Kier alpha value is -0.200. The molecule has 0 aliphatic carbocycles. The van der Waals surface area contributed by atoms with Crippen LogP contribution < -0.4 is 0 Å². The lowest BCUT2D eigenvalue weighted by Gasteiger charge is -2.15. The average Bonchev–Trinajstić information content (AvgIpc) is 2.24. The van der Waals surface area contributed by atoms with Crippen LogP contribution in [0.3, 0.4) is 0 Å². The minimum atomic E-state index is -0.198. The minimum absolute atomic E-state index is 0.198. The molecule has 15 heavy (non-hydrogen) atoms. The molecular weight excluding hydrogens is 200 g/mol. The fraction of sp³-hybridized carbons (Fsp3) is 1.00. The van der Waals surface area contributed by atoms with E-state index in [1.54, 1.807) is 0 Å². The van der Waals surface area contributed by atoms with Crippen LogP contribution in [0.25, 0.3) is 0 Å². The zero-order valence-corrected chi connectivity index (χ0v) is 9.28. The Labute approximate surface area is 90.6 Å². The molecule has 0 aromatic rings. The van der Waals surface area contributed by atoms with Crippen LogP contribution in [-0.2, 0) is 23.7 Å². The van der Waals surface area contributed by atoms with E-state index in [1.165, 1.54) is 0 Å². The molecule has 1 heterocycles. The number of rotatable bonds is 0. The zero-order chi connectivity index (χ0) is 10.8. The van der Waals surface area contributed by atoms with Gasteiger partial charge < -0.3 is 23.7 Å². The van der Waals surface area contributed by atoms with Crippen molar-refractivity contribution in [2.75, 3.05) is 52.9 Å². The molecule has 5 nitrogen and oxygen atoms in total. The molecular formula is C10H20O5. The van der Waals surface area contributed by atoms with Crippen LogP contribution in [0.5, 0.6) is 0 Å². The molecule has 0 N–H and O–H groups in total. The standard InChI is InChI=1S/C10H20O5/c1-10-14-8-6-12-4-2-11-3-5-13-7-9-15-10/h10H,2-9H2,1H3. The van der Waals surface area contributed by atoms with Crippen molar-refractivity contribution in [3.05, 3.63) is 0 Å². The van der Waals surface area contributed by atoms with Crippen molar-refractivity contribution < 1.29 is 23.7 Å². The van der Waals surface area contributed by atoms with Gasteiger partial charge in [-0.3, -0.25) is 0 Å². The predicted molar refractivity (Wildman–Crippen MR) is 53.8 cm³/mol. The highest BCUT2D eigenvalue weighted by molar-refractivity contribution is 4.39. The van der Waals surface area contributed by atoms with Crippen LogP contribution in [0.2, 0.25) is 0 Å². The Balaban J connectivity index is 2.10. The van der Waals surface area contributed by atoms with Crippen LogP contribution >= 0.6 is 0 Å². The van der Waals surface area contributed by atoms with Gasteiger partial charge in [-0.05, 0) is 6.92 Å². The van der Waals surface area contributed by atoms with Crippen LogP contribution in [0.1, 0.15) is 6.92 Å². The van der Waals surface area contributed by atoms with Crippen LogP contribution in [0.4, 0.5) is 0 Å². The molecule has 1 aliphatic heterocycles.